The van der Waals surface area contributed by atoms with E-state index in [9.17, 15) is 18.5 Å². The van der Waals surface area contributed by atoms with Crippen LogP contribution in [0.5, 0.6) is 0 Å². The zero-order valence-corrected chi connectivity index (χ0v) is 24.8. The number of pyridine rings is 1. The summed E-state index contributed by atoms with van der Waals surface area (Å²) in [5, 5.41) is 14.0. The summed E-state index contributed by atoms with van der Waals surface area (Å²) in [5.41, 5.74) is 3.07. The number of benzene rings is 1. The molecule has 0 spiro atoms. The average molecular weight is 608 g/mol. The maximum Gasteiger partial charge on any atom is 0.225 e. The predicted octanol–water partition coefficient (Wildman–Crippen LogP) is 5.06. The Balaban J connectivity index is 1.25. The Morgan fingerprint density at radius 1 is 1.07 bits per heavy atom. The van der Waals surface area contributed by atoms with Gasteiger partial charge in [0.2, 0.25) is 5.91 Å². The molecule has 1 aromatic carbocycles. The molecular weight excluding hydrogens is 578 g/mol. The monoisotopic (exact) mass is 607 g/mol. The van der Waals surface area contributed by atoms with E-state index >= 15 is 0 Å². The van der Waals surface area contributed by atoms with Gasteiger partial charge in [-0.25, -0.2) is 13.4 Å². The SMILES string of the molecule is N#CC1(NC(=O)[C@@H]2C[C@H]3C[C@H]3C[C@H]2c2nc(-c3cncc(Cl)c3)sc2-c2ccc(N3CCS(=O)(=O)CC3)cc2)CC1. The van der Waals surface area contributed by atoms with Crippen molar-refractivity contribution in [2.75, 3.05) is 29.5 Å². The van der Waals surface area contributed by atoms with Crippen LogP contribution in [-0.4, -0.2) is 54.4 Å². The predicted molar refractivity (Wildman–Crippen MR) is 159 cm³/mol. The number of nitrogens with one attached hydrogen (secondary N) is 1. The number of nitrogens with zero attached hydrogens (tertiary/aromatic N) is 4. The second-order valence-electron chi connectivity index (χ2n) is 11.9. The topological polar surface area (TPSA) is 116 Å². The second-order valence-corrected chi connectivity index (χ2v) is 15.7. The van der Waals surface area contributed by atoms with Crippen LogP contribution in [0.15, 0.2) is 42.7 Å². The summed E-state index contributed by atoms with van der Waals surface area (Å²) in [6.45, 7) is 0.982. The lowest BCUT2D eigenvalue weighted by atomic mass is 9.76. The molecule has 4 fully saturated rings. The van der Waals surface area contributed by atoms with Crippen LogP contribution in [-0.2, 0) is 14.6 Å². The summed E-state index contributed by atoms with van der Waals surface area (Å²) in [6.07, 6.45) is 7.66. The van der Waals surface area contributed by atoms with Gasteiger partial charge in [0, 0.05) is 48.6 Å². The van der Waals surface area contributed by atoms with Gasteiger partial charge in [0.25, 0.3) is 0 Å². The minimum absolute atomic E-state index is 0.0280. The van der Waals surface area contributed by atoms with Crippen LogP contribution in [0, 0.1) is 29.1 Å². The number of rotatable bonds is 6. The van der Waals surface area contributed by atoms with E-state index in [0.717, 1.165) is 51.7 Å². The molecule has 1 aliphatic heterocycles. The van der Waals surface area contributed by atoms with Crippen LogP contribution in [0.3, 0.4) is 0 Å². The number of anilines is 1. The van der Waals surface area contributed by atoms with Gasteiger partial charge in [-0.2, -0.15) is 5.26 Å². The number of carbonyl (C=O) groups excluding carboxylic acids is 1. The number of hydrogen-bond acceptors (Lipinski definition) is 8. The summed E-state index contributed by atoms with van der Waals surface area (Å²) in [4.78, 5) is 26.2. The molecule has 4 aliphatic rings. The van der Waals surface area contributed by atoms with Crippen LogP contribution >= 0.6 is 22.9 Å². The zero-order valence-electron chi connectivity index (χ0n) is 22.4. The number of thiazole rings is 1. The Morgan fingerprint density at radius 2 is 1.80 bits per heavy atom. The molecule has 2 aromatic heterocycles. The molecule has 11 heteroatoms. The van der Waals surface area contributed by atoms with Crippen LogP contribution in [0.4, 0.5) is 5.69 Å². The fourth-order valence-electron chi connectivity index (χ4n) is 6.42. The Bertz CT molecular complexity index is 1650. The van der Waals surface area contributed by atoms with Gasteiger partial charge in [-0.1, -0.05) is 23.7 Å². The molecule has 3 aliphatic carbocycles. The van der Waals surface area contributed by atoms with Crippen LogP contribution in [0.25, 0.3) is 21.0 Å². The number of carbonyl (C=O) groups is 1. The molecule has 41 heavy (non-hydrogen) atoms. The summed E-state index contributed by atoms with van der Waals surface area (Å²) in [5.74, 6) is 1.22. The number of fused-ring (bicyclic) bond motifs is 1. The molecule has 0 radical (unpaired) electrons. The smallest absolute Gasteiger partial charge is 0.225 e. The van der Waals surface area contributed by atoms with Crippen molar-refractivity contribution in [1.29, 1.82) is 5.26 Å². The van der Waals surface area contributed by atoms with Crippen molar-refractivity contribution in [3.05, 3.63) is 53.4 Å². The van der Waals surface area contributed by atoms with Gasteiger partial charge in [0.15, 0.2) is 9.84 Å². The third-order valence-corrected chi connectivity index (χ3v) is 12.1. The number of aromatic nitrogens is 2. The van der Waals surface area contributed by atoms with E-state index in [1.165, 1.54) is 0 Å². The molecule has 4 atom stereocenters. The standard InChI is InChI=1S/C30H30ClN5O3S2/c31-22-12-21(15-33-16-22)29-34-26(24-13-19-11-20(19)14-25(24)28(37)35-30(17-32)5-6-30)27(40-29)18-1-3-23(4-2-18)36-7-9-41(38,39)10-8-36/h1-4,12,15-16,19-20,24-25H,5-11,13-14H2,(H,35,37)/t19-,20+,24+,25+/m0/s1. The quantitative estimate of drug-likeness (QED) is 0.416. The zero-order chi connectivity index (χ0) is 28.4. The minimum atomic E-state index is -2.96. The van der Waals surface area contributed by atoms with E-state index in [-0.39, 0.29) is 29.2 Å². The molecule has 3 aromatic rings. The lowest BCUT2D eigenvalue weighted by molar-refractivity contribution is -0.127. The molecule has 8 nitrogen and oxygen atoms in total. The van der Waals surface area contributed by atoms with Crippen molar-refractivity contribution in [2.24, 2.45) is 17.8 Å². The number of amides is 1. The van der Waals surface area contributed by atoms with E-state index < -0.39 is 15.4 Å². The molecule has 7 rings (SSSR count). The van der Waals surface area contributed by atoms with Gasteiger partial charge >= 0.3 is 0 Å². The largest absolute Gasteiger partial charge is 0.369 e. The highest BCUT2D eigenvalue weighted by molar-refractivity contribution is 7.91. The Kier molecular flexibility index (Phi) is 6.60. The summed E-state index contributed by atoms with van der Waals surface area (Å²) in [7, 11) is -2.96. The lowest BCUT2D eigenvalue weighted by Crippen LogP contribution is -2.43. The highest BCUT2D eigenvalue weighted by atomic mass is 35.5. The fraction of sp³-hybridized carbons (Fsp3) is 0.467. The van der Waals surface area contributed by atoms with Gasteiger partial charge in [-0.15, -0.1) is 11.3 Å². The van der Waals surface area contributed by atoms with Gasteiger partial charge < -0.3 is 10.2 Å². The van der Waals surface area contributed by atoms with E-state index in [0.29, 0.717) is 42.8 Å². The van der Waals surface area contributed by atoms with Crippen molar-refractivity contribution in [1.82, 2.24) is 15.3 Å². The fourth-order valence-corrected chi connectivity index (χ4v) is 8.91. The highest BCUT2D eigenvalue weighted by Gasteiger charge is 2.52. The van der Waals surface area contributed by atoms with E-state index in [2.05, 4.69) is 33.4 Å². The third kappa shape index (κ3) is 5.36. The van der Waals surface area contributed by atoms with Crippen molar-refractivity contribution in [2.45, 2.75) is 43.6 Å². The van der Waals surface area contributed by atoms with E-state index in [4.69, 9.17) is 16.6 Å². The van der Waals surface area contributed by atoms with E-state index in [1.807, 2.05) is 18.2 Å². The lowest BCUT2D eigenvalue weighted by Gasteiger charge is -2.31. The molecule has 212 valence electrons. The third-order valence-electron chi connectivity index (χ3n) is 9.13. The van der Waals surface area contributed by atoms with Crippen molar-refractivity contribution in [3.63, 3.8) is 0 Å². The van der Waals surface area contributed by atoms with Crippen LogP contribution in [0.2, 0.25) is 5.02 Å². The Morgan fingerprint density at radius 3 is 2.49 bits per heavy atom. The molecular formula is C30H30ClN5O3S2. The number of sulfone groups is 1. The molecule has 3 heterocycles. The van der Waals surface area contributed by atoms with Crippen molar-refractivity contribution >= 4 is 44.4 Å². The molecule has 3 saturated carbocycles. The first-order chi connectivity index (χ1) is 19.7. The average Bonchev–Trinajstić information content (AvgIpc) is 3.88. The van der Waals surface area contributed by atoms with Crippen molar-refractivity contribution in [3.8, 4) is 27.1 Å². The first-order valence-corrected chi connectivity index (χ1v) is 17.1. The molecule has 0 bridgehead atoms. The molecule has 1 amide bonds. The maximum atomic E-state index is 13.6. The summed E-state index contributed by atoms with van der Waals surface area (Å²) < 4.78 is 23.8. The first kappa shape index (κ1) is 26.9. The summed E-state index contributed by atoms with van der Waals surface area (Å²) >= 11 is 7.86. The Hall–Kier alpha value is -3.00. The molecule has 1 N–H and O–H groups in total. The minimum Gasteiger partial charge on any atom is -0.369 e. The first-order valence-electron chi connectivity index (χ1n) is 14.1. The maximum absolute atomic E-state index is 13.6. The number of hydrogen-bond donors (Lipinski definition) is 1. The number of halogens is 1. The van der Waals surface area contributed by atoms with Crippen LogP contribution in [0.1, 0.15) is 43.7 Å². The van der Waals surface area contributed by atoms with Crippen LogP contribution < -0.4 is 10.2 Å². The Labute approximate surface area is 248 Å². The molecule has 1 saturated heterocycles. The second kappa shape index (κ2) is 10.1. The molecule has 0 unspecified atom stereocenters. The van der Waals surface area contributed by atoms with E-state index in [1.54, 1.807) is 23.7 Å². The van der Waals surface area contributed by atoms with Gasteiger partial charge in [-0.05, 0) is 67.7 Å². The van der Waals surface area contributed by atoms with Gasteiger partial charge in [0.05, 0.1) is 33.2 Å². The van der Waals surface area contributed by atoms with Crippen molar-refractivity contribution < 1.29 is 13.2 Å². The number of nitriles is 1. The van der Waals surface area contributed by atoms with Gasteiger partial charge in [0.1, 0.15) is 10.5 Å². The highest BCUT2D eigenvalue weighted by Crippen LogP contribution is 2.58. The normalized spacial score (nSPS) is 27.4. The summed E-state index contributed by atoms with van der Waals surface area (Å²) in [6, 6.07) is 12.4. The van der Waals surface area contributed by atoms with Gasteiger partial charge in [-0.3, -0.25) is 9.78 Å².